The first kappa shape index (κ1) is 30.7. The summed E-state index contributed by atoms with van der Waals surface area (Å²) < 4.78 is 27.1. The third kappa shape index (κ3) is 6.91. The summed E-state index contributed by atoms with van der Waals surface area (Å²) in [5, 5.41) is 25.7. The number of anilines is 2. The molecule has 5 aromatic rings. The van der Waals surface area contributed by atoms with Crippen molar-refractivity contribution in [1.82, 2.24) is 30.5 Å². The average Bonchev–Trinajstić information content (AvgIpc) is 3.42. The Hall–Kier alpha value is -5.77. The lowest BCUT2D eigenvalue weighted by Crippen LogP contribution is -2.29. The van der Waals surface area contributed by atoms with Crippen LogP contribution >= 0.6 is 0 Å². The number of nitrogens with one attached hydrogen (secondary N) is 4. The van der Waals surface area contributed by atoms with Crippen LogP contribution in [0.3, 0.4) is 0 Å². The number of benzene rings is 2. The summed E-state index contributed by atoms with van der Waals surface area (Å²) in [7, 11) is 0. The highest BCUT2D eigenvalue weighted by Crippen LogP contribution is 2.28. The number of hydrogen-bond acceptors (Lipinski definition) is 8. The molecule has 3 heterocycles. The van der Waals surface area contributed by atoms with Gasteiger partial charge in [0.1, 0.15) is 6.07 Å². The summed E-state index contributed by atoms with van der Waals surface area (Å²) in [6.07, 6.45) is 2.96. The van der Waals surface area contributed by atoms with Gasteiger partial charge in [0.05, 0.1) is 17.6 Å². The summed E-state index contributed by atoms with van der Waals surface area (Å²) in [5.74, 6) is -2.27. The van der Waals surface area contributed by atoms with Crippen LogP contribution in [0.1, 0.15) is 61.0 Å². The second kappa shape index (κ2) is 12.5. The van der Waals surface area contributed by atoms with E-state index in [1.54, 1.807) is 13.1 Å². The molecule has 3 aromatic heterocycles. The molecule has 13 heteroatoms. The summed E-state index contributed by atoms with van der Waals surface area (Å²) in [5.41, 5.74) is 2.71. The first-order valence-electron chi connectivity index (χ1n) is 13.9. The predicted octanol–water partition coefficient (Wildman–Crippen LogP) is 5.65. The third-order valence-corrected chi connectivity index (χ3v) is 6.97. The van der Waals surface area contributed by atoms with Crippen LogP contribution in [0.25, 0.3) is 22.2 Å². The fraction of sp³-hybridized carbons (Fsp3) is 0.219. The van der Waals surface area contributed by atoms with Crippen LogP contribution in [-0.4, -0.2) is 37.0 Å². The van der Waals surface area contributed by atoms with Crippen molar-refractivity contribution in [3.8, 4) is 17.2 Å². The van der Waals surface area contributed by atoms with Crippen molar-refractivity contribution in [1.29, 1.82) is 5.26 Å². The molecule has 0 spiro atoms. The molecule has 1 atom stereocenters. The van der Waals surface area contributed by atoms with Gasteiger partial charge in [-0.05, 0) is 41.8 Å². The molecule has 4 N–H and O–H groups in total. The largest absolute Gasteiger partial charge is 0.364 e. The Labute approximate surface area is 257 Å². The number of aromatic nitrogens is 5. The normalized spacial score (nSPS) is 11.9. The van der Waals surface area contributed by atoms with Crippen molar-refractivity contribution in [2.24, 2.45) is 5.41 Å². The molecular weight excluding hydrogens is 580 g/mol. The summed E-state index contributed by atoms with van der Waals surface area (Å²) in [6.45, 7) is 7.35. The van der Waals surface area contributed by atoms with E-state index < -0.39 is 29.0 Å². The van der Waals surface area contributed by atoms with Gasteiger partial charge in [0.15, 0.2) is 40.3 Å². The van der Waals surface area contributed by atoms with E-state index in [1.807, 2.05) is 57.2 Å². The minimum absolute atomic E-state index is 0.0557. The SMILES string of the molecule is C[C@H](NC(=O)c1nc(C#N)cnc1NCc1ccc(-c2cnc3[nH]nc(NC(=O)C(C)(C)C)c3c2)cc1)c1ccc(F)c(F)c1. The monoisotopic (exact) mass is 609 g/mol. The molecule has 0 radical (unpaired) electrons. The molecule has 0 saturated heterocycles. The number of H-pyrrole nitrogens is 1. The first-order valence-corrected chi connectivity index (χ1v) is 13.9. The Kier molecular flexibility index (Phi) is 8.49. The quantitative estimate of drug-likeness (QED) is 0.175. The summed E-state index contributed by atoms with van der Waals surface area (Å²) >= 11 is 0. The number of nitriles is 1. The van der Waals surface area contributed by atoms with Crippen molar-refractivity contribution in [2.45, 2.75) is 40.3 Å². The van der Waals surface area contributed by atoms with Gasteiger partial charge in [-0.2, -0.15) is 10.4 Å². The predicted molar refractivity (Wildman–Crippen MR) is 164 cm³/mol. The molecule has 0 aliphatic carbocycles. The maximum Gasteiger partial charge on any atom is 0.274 e. The zero-order valence-electron chi connectivity index (χ0n) is 24.9. The maximum absolute atomic E-state index is 13.7. The van der Waals surface area contributed by atoms with Crippen LogP contribution < -0.4 is 16.0 Å². The van der Waals surface area contributed by atoms with E-state index in [0.717, 1.165) is 28.8 Å². The van der Waals surface area contributed by atoms with Crippen LogP contribution in [0, 0.1) is 28.4 Å². The Morgan fingerprint density at radius 2 is 1.73 bits per heavy atom. The zero-order chi connectivity index (χ0) is 32.3. The van der Waals surface area contributed by atoms with E-state index in [0.29, 0.717) is 22.4 Å². The number of pyridine rings is 1. The van der Waals surface area contributed by atoms with E-state index in [1.165, 1.54) is 12.3 Å². The molecule has 0 aliphatic rings. The van der Waals surface area contributed by atoms with Gasteiger partial charge in [0.25, 0.3) is 5.91 Å². The number of carbonyl (C=O) groups excluding carboxylic acids is 2. The van der Waals surface area contributed by atoms with Crippen LogP contribution in [0.2, 0.25) is 0 Å². The molecule has 0 bridgehead atoms. The second-order valence-electron chi connectivity index (χ2n) is 11.4. The molecule has 5 rings (SSSR count). The third-order valence-electron chi connectivity index (χ3n) is 6.97. The smallest absolute Gasteiger partial charge is 0.274 e. The van der Waals surface area contributed by atoms with Gasteiger partial charge in [-0.1, -0.05) is 51.1 Å². The molecule has 0 aliphatic heterocycles. The Bertz CT molecular complexity index is 1940. The number of aromatic amines is 1. The number of carbonyl (C=O) groups is 2. The topological polar surface area (TPSA) is 161 Å². The fourth-order valence-electron chi connectivity index (χ4n) is 4.31. The average molecular weight is 610 g/mol. The lowest BCUT2D eigenvalue weighted by molar-refractivity contribution is -0.123. The minimum Gasteiger partial charge on any atom is -0.364 e. The van der Waals surface area contributed by atoms with Gasteiger partial charge < -0.3 is 16.0 Å². The van der Waals surface area contributed by atoms with Gasteiger partial charge in [0.2, 0.25) is 5.91 Å². The fourth-order valence-corrected chi connectivity index (χ4v) is 4.31. The summed E-state index contributed by atoms with van der Waals surface area (Å²) in [6, 6.07) is 14.1. The maximum atomic E-state index is 13.7. The molecule has 11 nitrogen and oxygen atoms in total. The zero-order valence-corrected chi connectivity index (χ0v) is 24.9. The number of nitrogens with zero attached hydrogens (tertiary/aromatic N) is 5. The highest BCUT2D eigenvalue weighted by atomic mass is 19.2. The van der Waals surface area contributed by atoms with E-state index in [4.69, 9.17) is 0 Å². The molecule has 0 saturated carbocycles. The number of rotatable bonds is 8. The first-order chi connectivity index (χ1) is 21.4. The molecule has 45 heavy (non-hydrogen) atoms. The molecule has 0 fully saturated rings. The number of amides is 2. The Balaban J connectivity index is 1.30. The van der Waals surface area contributed by atoms with Crippen molar-refractivity contribution < 1.29 is 18.4 Å². The number of halogens is 2. The van der Waals surface area contributed by atoms with Gasteiger partial charge in [0, 0.05) is 23.7 Å². The lowest BCUT2D eigenvalue weighted by atomic mass is 9.96. The van der Waals surface area contributed by atoms with E-state index >= 15 is 0 Å². The van der Waals surface area contributed by atoms with E-state index in [-0.39, 0.29) is 29.7 Å². The van der Waals surface area contributed by atoms with E-state index in [9.17, 15) is 23.6 Å². The minimum atomic E-state index is -1.03. The second-order valence-corrected chi connectivity index (χ2v) is 11.4. The van der Waals surface area contributed by atoms with Crippen LogP contribution in [0.5, 0.6) is 0 Å². The molecular formula is C32H29F2N9O2. The highest BCUT2D eigenvalue weighted by molar-refractivity contribution is 6.01. The van der Waals surface area contributed by atoms with Crippen LogP contribution in [0.4, 0.5) is 20.4 Å². The van der Waals surface area contributed by atoms with Crippen molar-refractivity contribution in [3.05, 3.63) is 95.1 Å². The Morgan fingerprint density at radius 3 is 2.42 bits per heavy atom. The molecule has 0 unspecified atom stereocenters. The van der Waals surface area contributed by atoms with Gasteiger partial charge >= 0.3 is 0 Å². The number of fused-ring (bicyclic) bond motifs is 1. The highest BCUT2D eigenvalue weighted by Gasteiger charge is 2.23. The van der Waals surface area contributed by atoms with Crippen molar-refractivity contribution >= 4 is 34.5 Å². The van der Waals surface area contributed by atoms with Crippen LogP contribution in [0.15, 0.2) is 60.9 Å². The van der Waals surface area contributed by atoms with Gasteiger partial charge in [-0.3, -0.25) is 14.7 Å². The molecule has 2 amide bonds. The van der Waals surface area contributed by atoms with Crippen molar-refractivity contribution in [2.75, 3.05) is 10.6 Å². The number of hydrogen-bond donors (Lipinski definition) is 4. The van der Waals surface area contributed by atoms with Crippen LogP contribution in [-0.2, 0) is 11.3 Å². The molecule has 2 aromatic carbocycles. The Morgan fingerprint density at radius 1 is 0.978 bits per heavy atom. The lowest BCUT2D eigenvalue weighted by Gasteiger charge is -2.16. The van der Waals surface area contributed by atoms with Crippen molar-refractivity contribution in [3.63, 3.8) is 0 Å². The van der Waals surface area contributed by atoms with Gasteiger partial charge in [-0.25, -0.2) is 23.7 Å². The molecule has 228 valence electrons. The van der Waals surface area contributed by atoms with Gasteiger partial charge in [-0.15, -0.1) is 0 Å². The summed E-state index contributed by atoms with van der Waals surface area (Å²) in [4.78, 5) is 38.4. The van der Waals surface area contributed by atoms with E-state index in [2.05, 4.69) is 41.1 Å². The standard InChI is InChI=1S/C32H29F2N9O2/c1-17(20-9-10-24(33)25(34)12-20)39-30(44)26-29(38-16-22(13-35)40-26)36-14-18-5-7-19(8-6-18)21-11-23-27(37-15-21)42-43-28(23)41-31(45)32(2,3)4/h5-12,15-17H,14H2,1-4H3,(H,36,38)(H,39,44)(H2,37,41,42,43,45)/t17-/m0/s1.